The Bertz CT molecular complexity index is 1040. The van der Waals surface area contributed by atoms with E-state index in [9.17, 15) is 0 Å². The van der Waals surface area contributed by atoms with Gasteiger partial charge in [0, 0.05) is 25.2 Å². The van der Waals surface area contributed by atoms with Crippen LogP contribution < -0.4 is 21.7 Å². The van der Waals surface area contributed by atoms with Crippen LogP contribution in [0.4, 0.5) is 17.8 Å². The van der Waals surface area contributed by atoms with Crippen molar-refractivity contribution in [3.05, 3.63) is 70.8 Å². The van der Waals surface area contributed by atoms with Crippen molar-refractivity contribution in [2.75, 3.05) is 16.0 Å². The zero-order chi connectivity index (χ0) is 22.5. The monoisotopic (exact) mass is 443 g/mol. The maximum Gasteiger partial charge on any atom is 0.229 e. The second-order valence-electron chi connectivity index (χ2n) is 9.18. The van der Waals surface area contributed by atoms with E-state index in [1.165, 1.54) is 43.2 Å². The number of aromatic nitrogens is 3. The molecule has 0 radical (unpaired) electrons. The Balaban J connectivity index is 1.31. The number of anilines is 3. The van der Waals surface area contributed by atoms with Gasteiger partial charge in [-0.25, -0.2) is 0 Å². The first-order chi connectivity index (χ1) is 16.2. The molecular formula is C26H33N7. The summed E-state index contributed by atoms with van der Waals surface area (Å²) in [5.41, 5.74) is 10.8. The summed E-state index contributed by atoms with van der Waals surface area (Å²) in [4.78, 5) is 14.1. The Morgan fingerprint density at radius 2 is 1.27 bits per heavy atom. The highest BCUT2D eigenvalue weighted by atomic mass is 15.3. The zero-order valence-corrected chi connectivity index (χ0v) is 19.1. The van der Waals surface area contributed by atoms with E-state index in [1.807, 2.05) is 0 Å². The van der Waals surface area contributed by atoms with Crippen molar-refractivity contribution in [3.8, 4) is 0 Å². The predicted molar refractivity (Wildman–Crippen MR) is 133 cm³/mol. The van der Waals surface area contributed by atoms with E-state index in [-0.39, 0.29) is 0 Å². The van der Waals surface area contributed by atoms with Crippen LogP contribution in [-0.4, -0.2) is 27.0 Å². The number of rotatable bonds is 8. The third-order valence-corrected chi connectivity index (χ3v) is 6.67. The summed E-state index contributed by atoms with van der Waals surface area (Å²) in [7, 11) is 0. The molecule has 5 rings (SSSR count). The van der Waals surface area contributed by atoms with Gasteiger partial charge in [-0.1, -0.05) is 67.8 Å². The summed E-state index contributed by atoms with van der Waals surface area (Å²) in [6.45, 7) is 1.20. The van der Waals surface area contributed by atoms with Crippen LogP contribution in [0.25, 0.3) is 0 Å². The quantitative estimate of drug-likeness (QED) is 0.412. The average Bonchev–Trinajstić information content (AvgIpc) is 3.26. The number of benzene rings is 2. The maximum atomic E-state index is 5.71. The minimum absolute atomic E-state index is 0.295. The van der Waals surface area contributed by atoms with Crippen LogP contribution in [0.1, 0.15) is 54.4 Å². The lowest BCUT2D eigenvalue weighted by Crippen LogP contribution is -2.26. The van der Waals surface area contributed by atoms with Crippen molar-refractivity contribution in [2.45, 2.75) is 70.1 Å². The lowest BCUT2D eigenvalue weighted by molar-refractivity contribution is 0.461. The van der Waals surface area contributed by atoms with Crippen LogP contribution in [-0.2, 0) is 25.9 Å². The minimum atomic E-state index is 0.295. The smallest absolute Gasteiger partial charge is 0.229 e. The number of fused-ring (bicyclic) bond motifs is 1. The van der Waals surface area contributed by atoms with Gasteiger partial charge in [0.05, 0.1) is 0 Å². The highest BCUT2D eigenvalue weighted by Crippen LogP contribution is 2.25. The molecule has 0 amide bonds. The molecule has 1 saturated carbocycles. The molecule has 0 bridgehead atoms. The van der Waals surface area contributed by atoms with E-state index < -0.39 is 0 Å². The molecule has 7 heteroatoms. The van der Waals surface area contributed by atoms with Crippen molar-refractivity contribution < 1.29 is 0 Å². The van der Waals surface area contributed by atoms with Gasteiger partial charge >= 0.3 is 0 Å². The van der Waals surface area contributed by atoms with E-state index in [0.717, 1.165) is 24.0 Å². The Hall–Kier alpha value is -3.19. The summed E-state index contributed by atoms with van der Waals surface area (Å²) in [6, 6.07) is 17.7. The molecule has 1 fully saturated rings. The lowest BCUT2D eigenvalue weighted by Gasteiger charge is -2.23. The molecule has 2 aliphatic rings. The highest BCUT2D eigenvalue weighted by molar-refractivity contribution is 5.45. The molecule has 0 saturated heterocycles. The Labute approximate surface area is 195 Å². The third-order valence-electron chi connectivity index (χ3n) is 6.67. The standard InChI is InChI=1S/C26H33N7/c27-16-18-10-12-19(13-11-18)17-28-24-31-25(29-22-8-2-1-3-9-22)33-26(32-24)30-23-14-20-6-4-5-7-21(20)15-23/h4-7,10-13,22-23H,1-3,8-9,14-17,27H2,(H3,28,29,30,31,32,33). The van der Waals surface area contributed by atoms with Gasteiger partial charge in [-0.2, -0.15) is 15.0 Å². The van der Waals surface area contributed by atoms with E-state index in [2.05, 4.69) is 69.5 Å². The van der Waals surface area contributed by atoms with E-state index >= 15 is 0 Å². The van der Waals surface area contributed by atoms with Crippen LogP contribution in [0.3, 0.4) is 0 Å². The first kappa shape index (κ1) is 21.6. The van der Waals surface area contributed by atoms with Gasteiger partial charge in [0.1, 0.15) is 0 Å². The lowest BCUT2D eigenvalue weighted by atomic mass is 9.96. The third kappa shape index (κ3) is 5.60. The van der Waals surface area contributed by atoms with Crippen LogP contribution in [0.15, 0.2) is 48.5 Å². The van der Waals surface area contributed by atoms with Gasteiger partial charge in [-0.05, 0) is 47.9 Å². The molecule has 2 aliphatic carbocycles. The first-order valence-electron chi connectivity index (χ1n) is 12.1. The molecule has 5 N–H and O–H groups in total. The van der Waals surface area contributed by atoms with Crippen molar-refractivity contribution in [1.29, 1.82) is 0 Å². The molecule has 1 heterocycles. The van der Waals surface area contributed by atoms with Crippen LogP contribution >= 0.6 is 0 Å². The molecule has 7 nitrogen and oxygen atoms in total. The second kappa shape index (κ2) is 10.2. The van der Waals surface area contributed by atoms with Crippen LogP contribution in [0.5, 0.6) is 0 Å². The summed E-state index contributed by atoms with van der Waals surface area (Å²) in [5.74, 6) is 1.86. The number of nitrogens with one attached hydrogen (secondary N) is 3. The van der Waals surface area contributed by atoms with Crippen molar-refractivity contribution in [1.82, 2.24) is 15.0 Å². The molecular weight excluding hydrogens is 410 g/mol. The average molecular weight is 444 g/mol. The molecule has 0 unspecified atom stereocenters. The second-order valence-corrected chi connectivity index (χ2v) is 9.18. The number of nitrogens with zero attached hydrogens (tertiary/aromatic N) is 3. The Morgan fingerprint density at radius 1 is 0.697 bits per heavy atom. The minimum Gasteiger partial charge on any atom is -0.351 e. The summed E-state index contributed by atoms with van der Waals surface area (Å²) in [6.07, 6.45) is 8.16. The molecule has 0 aliphatic heterocycles. The largest absolute Gasteiger partial charge is 0.351 e. The number of hydrogen-bond donors (Lipinski definition) is 4. The van der Waals surface area contributed by atoms with Gasteiger partial charge in [0.25, 0.3) is 0 Å². The fraction of sp³-hybridized carbons (Fsp3) is 0.423. The molecule has 2 aromatic carbocycles. The Morgan fingerprint density at radius 3 is 1.91 bits per heavy atom. The van der Waals surface area contributed by atoms with Crippen LogP contribution in [0, 0.1) is 0 Å². The fourth-order valence-electron chi connectivity index (χ4n) is 4.83. The van der Waals surface area contributed by atoms with E-state index in [4.69, 9.17) is 15.7 Å². The van der Waals surface area contributed by atoms with E-state index in [1.54, 1.807) is 0 Å². The maximum absolute atomic E-state index is 5.71. The molecule has 33 heavy (non-hydrogen) atoms. The van der Waals surface area contributed by atoms with E-state index in [0.29, 0.717) is 43.0 Å². The van der Waals surface area contributed by atoms with Gasteiger partial charge in [-0.15, -0.1) is 0 Å². The fourth-order valence-corrected chi connectivity index (χ4v) is 4.83. The molecule has 3 aromatic rings. The summed E-state index contributed by atoms with van der Waals surface area (Å²) in [5, 5.41) is 10.5. The van der Waals surface area contributed by atoms with Gasteiger partial charge in [-0.3, -0.25) is 0 Å². The van der Waals surface area contributed by atoms with Gasteiger partial charge in [0.2, 0.25) is 17.8 Å². The summed E-state index contributed by atoms with van der Waals surface area (Å²) >= 11 is 0. The topological polar surface area (TPSA) is 101 Å². The van der Waals surface area contributed by atoms with Crippen molar-refractivity contribution in [3.63, 3.8) is 0 Å². The van der Waals surface area contributed by atoms with Gasteiger partial charge < -0.3 is 21.7 Å². The predicted octanol–water partition coefficient (Wildman–Crippen LogP) is 4.27. The number of nitrogens with two attached hydrogens (primary N) is 1. The van der Waals surface area contributed by atoms with Crippen molar-refractivity contribution in [2.24, 2.45) is 5.73 Å². The van der Waals surface area contributed by atoms with Crippen molar-refractivity contribution >= 4 is 17.8 Å². The first-order valence-corrected chi connectivity index (χ1v) is 12.1. The van der Waals surface area contributed by atoms with Gasteiger partial charge in [0.15, 0.2) is 0 Å². The molecule has 0 spiro atoms. The molecule has 172 valence electrons. The SMILES string of the molecule is NCc1ccc(CNc2nc(NC3CCCCC3)nc(NC3Cc4ccccc4C3)n2)cc1. The number of hydrogen-bond acceptors (Lipinski definition) is 7. The molecule has 1 aromatic heterocycles. The summed E-state index contributed by atoms with van der Waals surface area (Å²) < 4.78 is 0. The van der Waals surface area contributed by atoms with Crippen LogP contribution in [0.2, 0.25) is 0 Å². The highest BCUT2D eigenvalue weighted by Gasteiger charge is 2.22. The Kier molecular flexibility index (Phi) is 6.67. The molecule has 0 atom stereocenters. The zero-order valence-electron chi connectivity index (χ0n) is 19.1. The normalized spacial score (nSPS) is 16.4.